The molecule has 0 aliphatic carbocycles. The van der Waals surface area contributed by atoms with Crippen molar-refractivity contribution in [3.8, 4) is 0 Å². The maximum atomic E-state index is 13.6. The summed E-state index contributed by atoms with van der Waals surface area (Å²) >= 11 is 11.8. The topological polar surface area (TPSA) is 54.0 Å². The highest BCUT2D eigenvalue weighted by Gasteiger charge is 2.09. The van der Waals surface area contributed by atoms with E-state index in [0.717, 1.165) is 0 Å². The number of nitrogens with zero attached hydrogens (tertiary/aromatic N) is 1. The largest absolute Gasteiger partial charge is 0.380 e. The molecule has 4 nitrogen and oxygen atoms in total. The van der Waals surface area contributed by atoms with Crippen LogP contribution < -0.4 is 10.6 Å². The smallest absolute Gasteiger partial charge is 0.274 e. The first-order valence-corrected chi connectivity index (χ1v) is 8.48. The van der Waals surface area contributed by atoms with Crippen molar-refractivity contribution in [1.82, 2.24) is 4.98 Å². The molecule has 0 atom stereocenters. The fraction of sp³-hybridized carbons (Fsp3) is 0.0526. The van der Waals surface area contributed by atoms with Gasteiger partial charge in [0.25, 0.3) is 5.91 Å². The van der Waals surface area contributed by atoms with Crippen molar-refractivity contribution < 1.29 is 9.18 Å². The maximum Gasteiger partial charge on any atom is 0.274 e. The standard InChI is InChI=1S/C19H14Cl2FN3O/c20-15-7-5-13(9-16(15)21)25-19(26)18-8-6-14(11-24-18)23-10-12-3-1-2-4-17(12)22/h1-9,11,23H,10H2,(H,25,26). The van der Waals surface area contributed by atoms with E-state index in [2.05, 4.69) is 15.6 Å². The predicted molar refractivity (Wildman–Crippen MR) is 102 cm³/mol. The molecule has 132 valence electrons. The molecular weight excluding hydrogens is 376 g/mol. The Bertz CT molecular complexity index is 932. The Kier molecular flexibility index (Phi) is 5.71. The summed E-state index contributed by atoms with van der Waals surface area (Å²) in [5.74, 6) is -0.644. The molecule has 1 amide bonds. The van der Waals surface area contributed by atoms with Crippen LogP contribution in [-0.2, 0) is 6.54 Å². The van der Waals surface area contributed by atoms with Crippen LogP contribution >= 0.6 is 23.2 Å². The summed E-state index contributed by atoms with van der Waals surface area (Å²) in [5, 5.41) is 6.52. The van der Waals surface area contributed by atoms with Crippen LogP contribution in [0.1, 0.15) is 16.1 Å². The van der Waals surface area contributed by atoms with Gasteiger partial charge in [-0.15, -0.1) is 0 Å². The van der Waals surface area contributed by atoms with Crippen molar-refractivity contribution in [2.24, 2.45) is 0 Å². The highest BCUT2D eigenvalue weighted by molar-refractivity contribution is 6.42. The molecule has 1 heterocycles. The molecule has 3 aromatic rings. The van der Waals surface area contributed by atoms with Gasteiger partial charge < -0.3 is 10.6 Å². The number of aromatic nitrogens is 1. The van der Waals surface area contributed by atoms with E-state index in [1.807, 2.05) is 0 Å². The number of carbonyl (C=O) groups is 1. The SMILES string of the molecule is O=C(Nc1ccc(Cl)c(Cl)c1)c1ccc(NCc2ccccc2F)cn1. The molecular formula is C19H14Cl2FN3O. The number of pyridine rings is 1. The lowest BCUT2D eigenvalue weighted by atomic mass is 10.2. The van der Waals surface area contributed by atoms with Crippen LogP contribution in [0.4, 0.5) is 15.8 Å². The lowest BCUT2D eigenvalue weighted by Crippen LogP contribution is -2.13. The number of rotatable bonds is 5. The number of amides is 1. The van der Waals surface area contributed by atoms with Gasteiger partial charge in [0.05, 0.1) is 21.9 Å². The van der Waals surface area contributed by atoms with Gasteiger partial charge in [-0.1, -0.05) is 41.4 Å². The highest BCUT2D eigenvalue weighted by Crippen LogP contribution is 2.25. The fourth-order valence-corrected chi connectivity index (χ4v) is 2.54. The van der Waals surface area contributed by atoms with E-state index >= 15 is 0 Å². The van der Waals surface area contributed by atoms with E-state index < -0.39 is 0 Å². The normalized spacial score (nSPS) is 10.4. The Morgan fingerprint density at radius 2 is 1.77 bits per heavy atom. The Morgan fingerprint density at radius 1 is 1.00 bits per heavy atom. The molecule has 0 saturated carbocycles. The molecule has 0 spiro atoms. The summed E-state index contributed by atoms with van der Waals surface area (Å²) in [6.07, 6.45) is 1.52. The summed E-state index contributed by atoms with van der Waals surface area (Å²) in [5.41, 5.74) is 1.99. The zero-order valence-electron chi connectivity index (χ0n) is 13.5. The fourth-order valence-electron chi connectivity index (χ4n) is 2.24. The third kappa shape index (κ3) is 4.50. The molecule has 26 heavy (non-hydrogen) atoms. The summed E-state index contributed by atoms with van der Waals surface area (Å²) in [6, 6.07) is 14.6. The molecule has 0 aliphatic rings. The molecule has 2 aromatic carbocycles. The molecule has 0 aliphatic heterocycles. The molecule has 3 rings (SSSR count). The first-order chi connectivity index (χ1) is 12.5. The van der Waals surface area contributed by atoms with Crippen LogP contribution in [0.2, 0.25) is 10.0 Å². The number of hydrogen-bond donors (Lipinski definition) is 2. The zero-order valence-corrected chi connectivity index (χ0v) is 15.0. The van der Waals surface area contributed by atoms with Crippen LogP contribution in [0.15, 0.2) is 60.8 Å². The summed E-state index contributed by atoms with van der Waals surface area (Å²) in [6.45, 7) is 0.323. The first kappa shape index (κ1) is 18.2. The van der Waals surface area contributed by atoms with Crippen molar-refractivity contribution in [2.45, 2.75) is 6.54 Å². The minimum atomic E-state index is -0.371. The zero-order chi connectivity index (χ0) is 18.5. The van der Waals surface area contributed by atoms with E-state index in [1.165, 1.54) is 12.3 Å². The van der Waals surface area contributed by atoms with Crippen LogP contribution in [-0.4, -0.2) is 10.9 Å². The van der Waals surface area contributed by atoms with Gasteiger partial charge in [0.2, 0.25) is 0 Å². The van der Waals surface area contributed by atoms with Crippen LogP contribution in [0.3, 0.4) is 0 Å². The Morgan fingerprint density at radius 3 is 2.46 bits per heavy atom. The summed E-state index contributed by atoms with van der Waals surface area (Å²) in [4.78, 5) is 16.3. The van der Waals surface area contributed by atoms with Crippen LogP contribution in [0, 0.1) is 5.82 Å². The van der Waals surface area contributed by atoms with Crippen molar-refractivity contribution in [3.05, 3.63) is 87.9 Å². The Balaban J connectivity index is 1.62. The number of hydrogen-bond acceptors (Lipinski definition) is 3. The van der Waals surface area contributed by atoms with Gasteiger partial charge in [0.1, 0.15) is 11.5 Å². The van der Waals surface area contributed by atoms with E-state index in [1.54, 1.807) is 48.5 Å². The second-order valence-electron chi connectivity index (χ2n) is 5.46. The van der Waals surface area contributed by atoms with Crippen LogP contribution in [0.25, 0.3) is 0 Å². The third-order valence-electron chi connectivity index (χ3n) is 3.61. The van der Waals surface area contributed by atoms with Crippen LogP contribution in [0.5, 0.6) is 0 Å². The van der Waals surface area contributed by atoms with Gasteiger partial charge >= 0.3 is 0 Å². The molecule has 0 saturated heterocycles. The summed E-state index contributed by atoms with van der Waals surface area (Å²) in [7, 11) is 0. The Hall–Kier alpha value is -2.63. The van der Waals surface area contributed by atoms with Crippen molar-refractivity contribution >= 4 is 40.5 Å². The quantitative estimate of drug-likeness (QED) is 0.614. The maximum absolute atomic E-state index is 13.6. The van der Waals surface area contributed by atoms with E-state index in [0.29, 0.717) is 33.5 Å². The second kappa shape index (κ2) is 8.17. The van der Waals surface area contributed by atoms with Crippen molar-refractivity contribution in [3.63, 3.8) is 0 Å². The van der Waals surface area contributed by atoms with Gasteiger partial charge in [0.15, 0.2) is 0 Å². The monoisotopic (exact) mass is 389 g/mol. The van der Waals surface area contributed by atoms with Gasteiger partial charge in [0, 0.05) is 17.8 Å². The lowest BCUT2D eigenvalue weighted by molar-refractivity contribution is 0.102. The highest BCUT2D eigenvalue weighted by atomic mass is 35.5. The third-order valence-corrected chi connectivity index (χ3v) is 4.35. The van der Waals surface area contributed by atoms with E-state index in [-0.39, 0.29) is 17.4 Å². The number of benzene rings is 2. The van der Waals surface area contributed by atoms with Gasteiger partial charge in [-0.25, -0.2) is 9.37 Å². The van der Waals surface area contributed by atoms with Gasteiger partial charge in [-0.05, 0) is 36.4 Å². The Labute approximate surface area is 160 Å². The minimum Gasteiger partial charge on any atom is -0.380 e. The van der Waals surface area contributed by atoms with Gasteiger partial charge in [-0.3, -0.25) is 4.79 Å². The van der Waals surface area contributed by atoms with Crippen molar-refractivity contribution in [2.75, 3.05) is 10.6 Å². The molecule has 0 fully saturated rings. The average Bonchev–Trinajstić information content (AvgIpc) is 2.64. The molecule has 2 N–H and O–H groups in total. The molecule has 0 bridgehead atoms. The number of anilines is 2. The van der Waals surface area contributed by atoms with E-state index in [9.17, 15) is 9.18 Å². The number of halogens is 3. The van der Waals surface area contributed by atoms with Crippen molar-refractivity contribution in [1.29, 1.82) is 0 Å². The minimum absolute atomic E-state index is 0.243. The van der Waals surface area contributed by atoms with E-state index in [4.69, 9.17) is 23.2 Å². The lowest BCUT2D eigenvalue weighted by Gasteiger charge is -2.09. The summed E-state index contributed by atoms with van der Waals surface area (Å²) < 4.78 is 13.6. The first-order valence-electron chi connectivity index (χ1n) is 7.72. The number of carbonyl (C=O) groups excluding carboxylic acids is 1. The molecule has 1 aromatic heterocycles. The molecule has 7 heteroatoms. The molecule has 0 radical (unpaired) electrons. The second-order valence-corrected chi connectivity index (χ2v) is 6.27. The average molecular weight is 390 g/mol. The predicted octanol–water partition coefficient (Wildman–Crippen LogP) is 5.39. The number of nitrogens with one attached hydrogen (secondary N) is 2. The molecule has 0 unspecified atom stereocenters. The van der Waals surface area contributed by atoms with Gasteiger partial charge in [-0.2, -0.15) is 0 Å².